The van der Waals surface area contributed by atoms with Gasteiger partial charge in [-0.05, 0) is 18.2 Å². The van der Waals surface area contributed by atoms with Crippen LogP contribution in [0.1, 0.15) is 11.5 Å². The van der Waals surface area contributed by atoms with E-state index in [1.807, 2.05) is 46.5 Å². The van der Waals surface area contributed by atoms with Gasteiger partial charge in [0.05, 0.1) is 18.1 Å². The molecular formula is C15H18Cl2IN7. The van der Waals surface area contributed by atoms with Crippen molar-refractivity contribution in [3.8, 4) is 0 Å². The number of aliphatic imine (C=N–C) groups is 1. The molecule has 0 aliphatic rings. The topological polar surface area (TPSA) is 71.5 Å². The minimum atomic E-state index is 0. The molecule has 3 heterocycles. The summed E-state index contributed by atoms with van der Waals surface area (Å²) >= 11 is 12.1. The Kier molecular flexibility index (Phi) is 6.91. The lowest BCUT2D eigenvalue weighted by molar-refractivity contribution is 0.733. The number of nitrogens with zero attached hydrogens (tertiary/aromatic N) is 5. The van der Waals surface area contributed by atoms with E-state index in [1.165, 1.54) is 0 Å². The SMILES string of the molecule is CN=C(NCc1cc(Cl)c(Cl)n1C)NCc1nnc2ccccn12.I. The summed E-state index contributed by atoms with van der Waals surface area (Å²) in [6, 6.07) is 7.61. The summed E-state index contributed by atoms with van der Waals surface area (Å²) < 4.78 is 3.76. The Labute approximate surface area is 172 Å². The van der Waals surface area contributed by atoms with Crippen molar-refractivity contribution in [2.45, 2.75) is 13.1 Å². The molecule has 0 saturated heterocycles. The first-order valence-corrected chi connectivity index (χ1v) is 8.08. The highest BCUT2D eigenvalue weighted by Gasteiger charge is 2.10. The quantitative estimate of drug-likeness (QED) is 0.333. The van der Waals surface area contributed by atoms with Gasteiger partial charge in [-0.2, -0.15) is 0 Å². The summed E-state index contributed by atoms with van der Waals surface area (Å²) in [6.07, 6.45) is 1.93. The number of hydrogen-bond acceptors (Lipinski definition) is 3. The van der Waals surface area contributed by atoms with E-state index in [4.69, 9.17) is 23.2 Å². The molecule has 7 nitrogen and oxygen atoms in total. The van der Waals surface area contributed by atoms with Gasteiger partial charge in [0.25, 0.3) is 0 Å². The van der Waals surface area contributed by atoms with Crippen molar-refractivity contribution in [3.05, 3.63) is 52.2 Å². The summed E-state index contributed by atoms with van der Waals surface area (Å²) in [7, 11) is 3.58. The van der Waals surface area contributed by atoms with E-state index in [-0.39, 0.29) is 24.0 Å². The fraction of sp³-hybridized carbons (Fsp3) is 0.267. The standard InChI is InChI=1S/C15H17Cl2N7.HI/c1-18-15(19-8-10-7-11(16)14(17)23(10)2)20-9-13-22-21-12-5-3-4-6-24(12)13;/h3-7H,8-9H2,1-2H3,(H2,18,19,20);1H. The predicted octanol–water partition coefficient (Wildman–Crippen LogP) is 2.86. The van der Waals surface area contributed by atoms with Crippen LogP contribution >= 0.6 is 47.2 Å². The van der Waals surface area contributed by atoms with Crippen LogP contribution < -0.4 is 10.6 Å². The maximum Gasteiger partial charge on any atom is 0.191 e. The minimum absolute atomic E-state index is 0. The van der Waals surface area contributed by atoms with Crippen LogP contribution in [0.3, 0.4) is 0 Å². The molecule has 0 bridgehead atoms. The first-order chi connectivity index (χ1) is 11.6. The summed E-state index contributed by atoms with van der Waals surface area (Å²) in [5.74, 6) is 1.45. The molecule has 0 saturated carbocycles. The van der Waals surface area contributed by atoms with E-state index in [1.54, 1.807) is 7.05 Å². The molecule has 0 fully saturated rings. The molecule has 0 atom stereocenters. The summed E-state index contributed by atoms with van der Waals surface area (Å²) in [5, 5.41) is 15.8. The Morgan fingerprint density at radius 3 is 2.64 bits per heavy atom. The molecule has 25 heavy (non-hydrogen) atoms. The third kappa shape index (κ3) is 4.36. The van der Waals surface area contributed by atoms with Crippen LogP contribution in [-0.2, 0) is 20.1 Å². The number of pyridine rings is 1. The second-order valence-corrected chi connectivity index (χ2v) is 5.92. The minimum Gasteiger partial charge on any atom is -0.351 e. The third-order valence-corrected chi connectivity index (χ3v) is 4.52. The first kappa shape index (κ1) is 19.8. The highest BCUT2D eigenvalue weighted by molar-refractivity contribution is 14.0. The average molecular weight is 494 g/mol. The molecule has 0 radical (unpaired) electrons. The molecule has 0 aliphatic carbocycles. The number of guanidine groups is 1. The van der Waals surface area contributed by atoms with Gasteiger partial charge in [0.1, 0.15) is 5.15 Å². The summed E-state index contributed by atoms with van der Waals surface area (Å²) in [4.78, 5) is 4.20. The highest BCUT2D eigenvalue weighted by Crippen LogP contribution is 2.24. The maximum atomic E-state index is 6.07. The Morgan fingerprint density at radius 2 is 1.96 bits per heavy atom. The molecule has 3 aromatic rings. The van der Waals surface area contributed by atoms with Crippen LogP contribution in [0.4, 0.5) is 0 Å². The van der Waals surface area contributed by atoms with Gasteiger partial charge in [0.2, 0.25) is 0 Å². The van der Waals surface area contributed by atoms with Gasteiger partial charge in [-0.1, -0.05) is 29.3 Å². The number of rotatable bonds is 4. The molecule has 2 N–H and O–H groups in total. The van der Waals surface area contributed by atoms with Crippen LogP contribution in [-0.4, -0.2) is 32.2 Å². The largest absolute Gasteiger partial charge is 0.351 e. The lowest BCUT2D eigenvalue weighted by atomic mass is 10.4. The summed E-state index contributed by atoms with van der Waals surface area (Å²) in [5.41, 5.74) is 1.77. The van der Waals surface area contributed by atoms with Gasteiger partial charge in [0, 0.05) is 26.0 Å². The zero-order chi connectivity index (χ0) is 17.1. The number of hydrogen-bond donors (Lipinski definition) is 2. The van der Waals surface area contributed by atoms with Crippen molar-refractivity contribution in [1.82, 2.24) is 29.8 Å². The van der Waals surface area contributed by atoms with Crippen molar-refractivity contribution < 1.29 is 0 Å². The smallest absolute Gasteiger partial charge is 0.191 e. The fourth-order valence-corrected chi connectivity index (χ4v) is 2.74. The molecule has 134 valence electrons. The van der Waals surface area contributed by atoms with Crippen molar-refractivity contribution in [2.75, 3.05) is 7.05 Å². The van der Waals surface area contributed by atoms with E-state index in [2.05, 4.69) is 25.8 Å². The number of aromatic nitrogens is 4. The van der Waals surface area contributed by atoms with Crippen LogP contribution in [0.25, 0.3) is 5.65 Å². The van der Waals surface area contributed by atoms with Crippen LogP contribution in [0, 0.1) is 0 Å². The maximum absolute atomic E-state index is 6.07. The van der Waals surface area contributed by atoms with E-state index < -0.39 is 0 Å². The summed E-state index contributed by atoms with van der Waals surface area (Å²) in [6.45, 7) is 1.04. The predicted molar refractivity (Wildman–Crippen MR) is 111 cm³/mol. The molecule has 0 aliphatic heterocycles. The number of halogens is 3. The van der Waals surface area contributed by atoms with E-state index >= 15 is 0 Å². The van der Waals surface area contributed by atoms with Crippen molar-refractivity contribution in [2.24, 2.45) is 12.0 Å². The van der Waals surface area contributed by atoms with Crippen LogP contribution in [0.5, 0.6) is 0 Å². The monoisotopic (exact) mass is 493 g/mol. The van der Waals surface area contributed by atoms with E-state index in [9.17, 15) is 0 Å². The molecule has 3 aromatic heterocycles. The van der Waals surface area contributed by atoms with Crippen molar-refractivity contribution in [3.63, 3.8) is 0 Å². The lowest BCUT2D eigenvalue weighted by Gasteiger charge is -2.12. The van der Waals surface area contributed by atoms with Gasteiger partial charge < -0.3 is 15.2 Å². The van der Waals surface area contributed by atoms with Gasteiger partial charge in [-0.3, -0.25) is 9.39 Å². The first-order valence-electron chi connectivity index (χ1n) is 7.33. The van der Waals surface area contributed by atoms with Gasteiger partial charge in [0.15, 0.2) is 17.4 Å². The van der Waals surface area contributed by atoms with Crippen molar-refractivity contribution >= 4 is 58.8 Å². The van der Waals surface area contributed by atoms with E-state index in [0.717, 1.165) is 17.2 Å². The van der Waals surface area contributed by atoms with Crippen LogP contribution in [0.2, 0.25) is 10.2 Å². The van der Waals surface area contributed by atoms with Gasteiger partial charge in [-0.25, -0.2) is 0 Å². The molecular weight excluding hydrogens is 476 g/mol. The Morgan fingerprint density at radius 1 is 1.20 bits per heavy atom. The molecule has 0 spiro atoms. The van der Waals surface area contributed by atoms with E-state index in [0.29, 0.717) is 29.2 Å². The van der Waals surface area contributed by atoms with Gasteiger partial charge >= 0.3 is 0 Å². The number of fused-ring (bicyclic) bond motifs is 1. The zero-order valence-electron chi connectivity index (χ0n) is 13.7. The molecule has 10 heteroatoms. The number of nitrogens with one attached hydrogen (secondary N) is 2. The Hall–Kier alpha value is -1.52. The average Bonchev–Trinajstić information content (AvgIpc) is 3.12. The molecule has 0 amide bonds. The zero-order valence-corrected chi connectivity index (χ0v) is 17.5. The normalized spacial score (nSPS) is 11.4. The Balaban J connectivity index is 0.00000225. The molecule has 0 aromatic carbocycles. The van der Waals surface area contributed by atoms with Crippen molar-refractivity contribution in [1.29, 1.82) is 0 Å². The third-order valence-electron chi connectivity index (χ3n) is 3.67. The molecule has 0 unspecified atom stereocenters. The second kappa shape index (κ2) is 8.72. The lowest BCUT2D eigenvalue weighted by Crippen LogP contribution is -2.37. The fourth-order valence-electron chi connectivity index (χ4n) is 2.33. The molecule has 3 rings (SSSR count). The van der Waals surface area contributed by atoms with Gasteiger partial charge in [-0.15, -0.1) is 34.2 Å². The highest BCUT2D eigenvalue weighted by atomic mass is 127. The Bertz CT molecular complexity index is 887. The second-order valence-electron chi connectivity index (χ2n) is 5.16. The van der Waals surface area contributed by atoms with Crippen LogP contribution in [0.15, 0.2) is 35.5 Å².